The van der Waals surface area contributed by atoms with Gasteiger partial charge in [-0.15, -0.1) is 12.4 Å². The van der Waals surface area contributed by atoms with Gasteiger partial charge in [0.05, 0.1) is 18.4 Å². The summed E-state index contributed by atoms with van der Waals surface area (Å²) >= 11 is 0. The predicted octanol–water partition coefficient (Wildman–Crippen LogP) is 2.05. The summed E-state index contributed by atoms with van der Waals surface area (Å²) in [6, 6.07) is 1.05. The van der Waals surface area contributed by atoms with Gasteiger partial charge in [0.1, 0.15) is 0 Å². The molecule has 2 N–H and O–H groups in total. The zero-order chi connectivity index (χ0) is 14.0. The molecule has 0 amide bonds. The van der Waals surface area contributed by atoms with Crippen LogP contribution in [0.1, 0.15) is 23.9 Å². The number of rotatable bonds is 4. The molecule has 0 saturated heterocycles. The van der Waals surface area contributed by atoms with Crippen LogP contribution in [0.5, 0.6) is 0 Å². The Kier molecular flexibility index (Phi) is 5.18. The van der Waals surface area contributed by atoms with Gasteiger partial charge in [-0.2, -0.15) is 23.4 Å². The van der Waals surface area contributed by atoms with Crippen molar-refractivity contribution >= 4 is 12.4 Å². The molecule has 2 aromatic rings. The Balaban J connectivity index is 0.00000200. The van der Waals surface area contributed by atoms with Gasteiger partial charge >= 0.3 is 6.18 Å². The number of nitrogens with two attached hydrogens (primary N) is 1. The second kappa shape index (κ2) is 6.27. The Hall–Kier alpha value is -1.54. The van der Waals surface area contributed by atoms with Crippen molar-refractivity contribution in [2.24, 2.45) is 5.73 Å². The lowest BCUT2D eigenvalue weighted by Gasteiger charge is -2.04. The maximum absolute atomic E-state index is 12.6. The molecule has 5 nitrogen and oxygen atoms in total. The molecule has 0 atom stereocenters. The van der Waals surface area contributed by atoms with Crippen molar-refractivity contribution in [3.63, 3.8) is 0 Å². The predicted molar refractivity (Wildman–Crippen MR) is 69.4 cm³/mol. The highest BCUT2D eigenvalue weighted by Crippen LogP contribution is 2.28. The first kappa shape index (κ1) is 16.5. The molecule has 0 aromatic carbocycles. The summed E-state index contributed by atoms with van der Waals surface area (Å²) in [5.41, 5.74) is 5.87. The molecule has 9 heteroatoms. The maximum atomic E-state index is 12.6. The van der Waals surface area contributed by atoms with E-state index in [4.69, 9.17) is 5.73 Å². The molecule has 0 radical (unpaired) electrons. The van der Waals surface area contributed by atoms with Gasteiger partial charge < -0.3 is 5.73 Å². The zero-order valence-corrected chi connectivity index (χ0v) is 11.6. The molecule has 112 valence electrons. The van der Waals surface area contributed by atoms with Crippen LogP contribution in [-0.4, -0.2) is 19.6 Å². The normalized spacial score (nSPS) is 11.4. The molecule has 2 rings (SSSR count). The molecule has 0 spiro atoms. The van der Waals surface area contributed by atoms with Gasteiger partial charge in [-0.1, -0.05) is 0 Å². The monoisotopic (exact) mass is 309 g/mol. The van der Waals surface area contributed by atoms with Crippen LogP contribution in [0.4, 0.5) is 13.2 Å². The Morgan fingerprint density at radius 2 is 2.05 bits per heavy atom. The quantitative estimate of drug-likeness (QED) is 0.940. The average molecular weight is 310 g/mol. The lowest BCUT2D eigenvalue weighted by atomic mass is 10.3. The van der Waals surface area contributed by atoms with E-state index in [2.05, 4.69) is 10.2 Å². The van der Waals surface area contributed by atoms with Gasteiger partial charge in [0, 0.05) is 24.8 Å². The molecule has 20 heavy (non-hydrogen) atoms. The van der Waals surface area contributed by atoms with E-state index in [1.165, 1.54) is 4.68 Å². The smallest absolute Gasteiger partial charge is 0.326 e. The minimum atomic E-state index is -4.43. The van der Waals surface area contributed by atoms with E-state index in [1.807, 2.05) is 0 Å². The fraction of sp³-hybridized carbons (Fsp3) is 0.455. The number of halogens is 4. The first-order valence-electron chi connectivity index (χ1n) is 5.79. The maximum Gasteiger partial charge on any atom is 0.435 e. The summed E-state index contributed by atoms with van der Waals surface area (Å²) in [6.07, 6.45) is -1.13. The number of alkyl halides is 3. The van der Waals surface area contributed by atoms with Gasteiger partial charge in [-0.3, -0.25) is 9.36 Å². The highest BCUT2D eigenvalue weighted by Gasteiger charge is 2.34. The van der Waals surface area contributed by atoms with Crippen LogP contribution >= 0.6 is 12.4 Å². The average Bonchev–Trinajstić information content (AvgIpc) is 2.95. The molecule has 0 fully saturated rings. The molecule has 0 aliphatic rings. The second-order valence-corrected chi connectivity index (χ2v) is 4.08. The topological polar surface area (TPSA) is 61.7 Å². The highest BCUT2D eigenvalue weighted by molar-refractivity contribution is 5.85. The van der Waals surface area contributed by atoms with Crippen LogP contribution in [0, 0.1) is 0 Å². The summed E-state index contributed by atoms with van der Waals surface area (Å²) in [7, 11) is 0. The number of hydrogen-bond acceptors (Lipinski definition) is 3. The third-order valence-electron chi connectivity index (χ3n) is 2.70. The summed E-state index contributed by atoms with van der Waals surface area (Å²) in [6.45, 7) is 2.69. The fourth-order valence-corrected chi connectivity index (χ4v) is 1.76. The second-order valence-electron chi connectivity index (χ2n) is 4.08. The molecule has 0 saturated carbocycles. The van der Waals surface area contributed by atoms with E-state index in [-0.39, 0.29) is 19.0 Å². The highest BCUT2D eigenvalue weighted by atomic mass is 35.5. The fourth-order valence-electron chi connectivity index (χ4n) is 1.76. The van der Waals surface area contributed by atoms with Crippen LogP contribution in [0.3, 0.4) is 0 Å². The molecule has 0 aliphatic carbocycles. The lowest BCUT2D eigenvalue weighted by molar-refractivity contribution is -0.141. The van der Waals surface area contributed by atoms with Gasteiger partial charge in [0.15, 0.2) is 5.69 Å². The zero-order valence-electron chi connectivity index (χ0n) is 10.8. The summed E-state index contributed by atoms with van der Waals surface area (Å²) in [4.78, 5) is 0. The Labute approximate surface area is 120 Å². The van der Waals surface area contributed by atoms with Gasteiger partial charge in [0.25, 0.3) is 0 Å². The van der Waals surface area contributed by atoms with Gasteiger partial charge in [0.2, 0.25) is 0 Å². The van der Waals surface area contributed by atoms with Crippen LogP contribution in [0.15, 0.2) is 18.5 Å². The Morgan fingerprint density at radius 1 is 1.35 bits per heavy atom. The summed E-state index contributed by atoms with van der Waals surface area (Å²) < 4.78 is 40.7. The van der Waals surface area contributed by atoms with Crippen molar-refractivity contribution in [3.8, 4) is 0 Å². The molecule has 0 bridgehead atoms. The Bertz CT molecular complexity index is 561. The lowest BCUT2D eigenvalue weighted by Crippen LogP contribution is -2.09. The van der Waals surface area contributed by atoms with E-state index in [9.17, 15) is 13.2 Å². The van der Waals surface area contributed by atoms with Crippen molar-refractivity contribution in [2.75, 3.05) is 0 Å². The van der Waals surface area contributed by atoms with Crippen LogP contribution in [0.2, 0.25) is 0 Å². The van der Waals surface area contributed by atoms with Crippen molar-refractivity contribution in [1.82, 2.24) is 19.6 Å². The first-order chi connectivity index (χ1) is 8.94. The molecule has 0 unspecified atom stereocenters. The van der Waals surface area contributed by atoms with E-state index < -0.39 is 11.9 Å². The van der Waals surface area contributed by atoms with Crippen molar-refractivity contribution < 1.29 is 13.2 Å². The summed E-state index contributed by atoms with van der Waals surface area (Å²) in [5.74, 6) is 0. The van der Waals surface area contributed by atoms with Crippen molar-refractivity contribution in [3.05, 3.63) is 35.4 Å². The number of aryl methyl sites for hydroxylation is 1. The third kappa shape index (κ3) is 3.51. The minimum absolute atomic E-state index is 0. The van der Waals surface area contributed by atoms with Gasteiger partial charge in [-0.05, 0) is 13.0 Å². The largest absolute Gasteiger partial charge is 0.435 e. The van der Waals surface area contributed by atoms with Crippen molar-refractivity contribution in [2.45, 2.75) is 32.7 Å². The molecule has 2 aromatic heterocycles. The van der Waals surface area contributed by atoms with Crippen LogP contribution < -0.4 is 5.73 Å². The van der Waals surface area contributed by atoms with Crippen LogP contribution in [-0.2, 0) is 25.8 Å². The standard InChI is InChI=1S/C11H14F3N5.ClH/c1-2-19-9(3-10(17-19)11(12,13)14)7-18-6-8(4-15)5-16-18;/h3,5-6H,2,4,7,15H2,1H3;1H. The number of hydrogen-bond donors (Lipinski definition) is 1. The number of nitrogens with zero attached hydrogens (tertiary/aromatic N) is 4. The van der Waals surface area contributed by atoms with Crippen LogP contribution in [0.25, 0.3) is 0 Å². The Morgan fingerprint density at radius 3 is 2.55 bits per heavy atom. The molecule has 0 aliphatic heterocycles. The summed E-state index contributed by atoms with van der Waals surface area (Å²) in [5, 5.41) is 7.59. The van der Waals surface area contributed by atoms with E-state index in [1.54, 1.807) is 24.0 Å². The SMILES string of the molecule is CCn1nc(C(F)(F)F)cc1Cn1cc(CN)cn1.Cl. The van der Waals surface area contributed by atoms with Gasteiger partial charge in [-0.25, -0.2) is 0 Å². The molecular weight excluding hydrogens is 295 g/mol. The van der Waals surface area contributed by atoms with E-state index in [0.29, 0.717) is 18.8 Å². The molecule has 2 heterocycles. The van der Waals surface area contributed by atoms with Crippen molar-refractivity contribution in [1.29, 1.82) is 0 Å². The third-order valence-corrected chi connectivity index (χ3v) is 2.70. The number of aromatic nitrogens is 4. The van der Waals surface area contributed by atoms with E-state index >= 15 is 0 Å². The minimum Gasteiger partial charge on any atom is -0.326 e. The first-order valence-corrected chi connectivity index (χ1v) is 5.79. The van der Waals surface area contributed by atoms with E-state index in [0.717, 1.165) is 11.6 Å². The molecular formula is C11H15ClF3N5.